The van der Waals surface area contributed by atoms with Gasteiger partial charge in [-0.25, -0.2) is 14.6 Å². The number of nitrogens with two attached hydrogens (primary N) is 1. The van der Waals surface area contributed by atoms with Gasteiger partial charge >= 0.3 is 0 Å². The van der Waals surface area contributed by atoms with Crippen molar-refractivity contribution in [2.45, 2.75) is 0 Å². The molecule has 190 valence electrons. The zero-order chi connectivity index (χ0) is 26.1. The lowest BCUT2D eigenvalue weighted by Gasteiger charge is -2.37. The Labute approximate surface area is 220 Å². The normalized spacial score (nSPS) is 13.6. The lowest BCUT2D eigenvalue weighted by atomic mass is 10.0. The number of carbonyl (C=O) groups excluding carboxylic acids is 1. The molecule has 0 bridgehead atoms. The number of benzene rings is 3. The summed E-state index contributed by atoms with van der Waals surface area (Å²) < 4.78 is 7.38. The van der Waals surface area contributed by atoms with E-state index in [1.165, 1.54) is 0 Å². The molecule has 0 radical (unpaired) electrons. The maximum Gasteiger partial charge on any atom is 0.248 e. The molecule has 0 aliphatic carbocycles. The number of piperazine rings is 1. The molecule has 9 nitrogen and oxygen atoms in total. The van der Waals surface area contributed by atoms with Crippen LogP contribution >= 0.6 is 0 Å². The maximum absolute atomic E-state index is 11.6. The molecule has 5 aromatic rings. The summed E-state index contributed by atoms with van der Waals surface area (Å²) in [5.74, 6) is 1.32. The number of hydrogen-bond acceptors (Lipinski definition) is 7. The number of primary amides is 1. The third kappa shape index (κ3) is 4.28. The molecule has 2 N–H and O–H groups in total. The van der Waals surface area contributed by atoms with Crippen LogP contribution in [-0.2, 0) is 0 Å². The first-order valence-corrected chi connectivity index (χ1v) is 12.4. The van der Waals surface area contributed by atoms with Gasteiger partial charge in [0.25, 0.3) is 0 Å². The number of aromatic nitrogens is 4. The molecular weight excluding hydrogens is 478 g/mol. The fourth-order valence-corrected chi connectivity index (χ4v) is 4.99. The topological polar surface area (TPSA) is 102 Å². The van der Waals surface area contributed by atoms with Gasteiger partial charge in [-0.1, -0.05) is 36.4 Å². The summed E-state index contributed by atoms with van der Waals surface area (Å²) in [6.45, 7) is 3.35. The van der Waals surface area contributed by atoms with Crippen LogP contribution < -0.4 is 20.3 Å². The van der Waals surface area contributed by atoms with E-state index in [9.17, 15) is 4.79 Å². The highest BCUT2D eigenvalue weighted by atomic mass is 16.5. The van der Waals surface area contributed by atoms with Crippen LogP contribution in [0.4, 0.5) is 11.5 Å². The summed E-state index contributed by atoms with van der Waals surface area (Å²) in [6.07, 6.45) is 3.43. The predicted octanol–water partition coefficient (Wildman–Crippen LogP) is 3.92. The highest BCUT2D eigenvalue weighted by Crippen LogP contribution is 2.31. The summed E-state index contributed by atoms with van der Waals surface area (Å²) in [7, 11) is 1.71. The van der Waals surface area contributed by atoms with Crippen molar-refractivity contribution in [1.29, 1.82) is 0 Å². The first-order chi connectivity index (χ1) is 18.6. The molecule has 3 heterocycles. The molecule has 1 saturated heterocycles. The van der Waals surface area contributed by atoms with Gasteiger partial charge in [0.1, 0.15) is 17.9 Å². The van der Waals surface area contributed by atoms with E-state index in [0.717, 1.165) is 71.3 Å². The van der Waals surface area contributed by atoms with Gasteiger partial charge in [0.2, 0.25) is 5.91 Å². The molecule has 2 aromatic heterocycles. The van der Waals surface area contributed by atoms with Crippen LogP contribution in [0.15, 0.2) is 85.3 Å². The van der Waals surface area contributed by atoms with Crippen LogP contribution in [0.5, 0.6) is 5.75 Å². The van der Waals surface area contributed by atoms with Crippen LogP contribution in [0.3, 0.4) is 0 Å². The molecule has 1 aliphatic heterocycles. The monoisotopic (exact) mass is 505 g/mol. The Morgan fingerprint density at radius 2 is 1.61 bits per heavy atom. The number of hydrogen-bond donors (Lipinski definition) is 1. The second-order valence-corrected chi connectivity index (χ2v) is 9.13. The molecule has 1 amide bonds. The van der Waals surface area contributed by atoms with Crippen LogP contribution in [0.1, 0.15) is 10.4 Å². The molecular formula is C29H27N7O2. The molecule has 3 aromatic carbocycles. The van der Waals surface area contributed by atoms with Gasteiger partial charge in [-0.15, -0.1) is 0 Å². The lowest BCUT2D eigenvalue weighted by Crippen LogP contribution is -2.47. The Kier molecular flexibility index (Phi) is 6.09. The van der Waals surface area contributed by atoms with E-state index in [4.69, 9.17) is 10.5 Å². The SMILES string of the molecule is COc1ccccc1N1CCN(c2ncnc3c2cnn3-c2cccc(-c3cccc(C(N)=O)c3)c2)CC1. The highest BCUT2D eigenvalue weighted by molar-refractivity contribution is 5.94. The second kappa shape index (κ2) is 9.85. The quantitative estimate of drug-likeness (QED) is 0.373. The minimum absolute atomic E-state index is 0.450. The van der Waals surface area contributed by atoms with Gasteiger partial charge in [0.15, 0.2) is 5.65 Å². The number of amides is 1. The number of anilines is 2. The first kappa shape index (κ1) is 23.5. The Balaban J connectivity index is 1.28. The van der Waals surface area contributed by atoms with Crippen molar-refractivity contribution in [3.05, 3.63) is 90.9 Å². The summed E-state index contributed by atoms with van der Waals surface area (Å²) >= 11 is 0. The summed E-state index contributed by atoms with van der Waals surface area (Å²) in [5.41, 5.74) is 10.5. The smallest absolute Gasteiger partial charge is 0.248 e. The summed E-state index contributed by atoms with van der Waals surface area (Å²) in [6, 6.07) is 23.4. The maximum atomic E-state index is 11.6. The molecule has 6 rings (SSSR count). The van der Waals surface area contributed by atoms with E-state index in [1.54, 1.807) is 25.6 Å². The molecule has 9 heteroatoms. The van der Waals surface area contributed by atoms with E-state index >= 15 is 0 Å². The van der Waals surface area contributed by atoms with Crippen molar-refractivity contribution >= 4 is 28.4 Å². The highest BCUT2D eigenvalue weighted by Gasteiger charge is 2.23. The van der Waals surface area contributed by atoms with Gasteiger partial charge < -0.3 is 20.3 Å². The average molecular weight is 506 g/mol. The first-order valence-electron chi connectivity index (χ1n) is 12.4. The van der Waals surface area contributed by atoms with Crippen LogP contribution in [0.25, 0.3) is 27.8 Å². The van der Waals surface area contributed by atoms with Crippen LogP contribution in [0, 0.1) is 0 Å². The van der Waals surface area contributed by atoms with Gasteiger partial charge in [0.05, 0.1) is 30.1 Å². The fourth-order valence-electron chi connectivity index (χ4n) is 4.99. The van der Waals surface area contributed by atoms with Gasteiger partial charge in [-0.05, 0) is 47.5 Å². The van der Waals surface area contributed by atoms with Crippen molar-refractivity contribution < 1.29 is 9.53 Å². The Morgan fingerprint density at radius 1 is 0.868 bits per heavy atom. The number of rotatable bonds is 6. The Morgan fingerprint density at radius 3 is 2.39 bits per heavy atom. The molecule has 0 atom stereocenters. The molecule has 38 heavy (non-hydrogen) atoms. The third-order valence-electron chi connectivity index (χ3n) is 6.92. The second-order valence-electron chi connectivity index (χ2n) is 9.13. The number of methoxy groups -OCH3 is 1. The molecule has 1 aliphatic rings. The van der Waals surface area contributed by atoms with Crippen LogP contribution in [0.2, 0.25) is 0 Å². The summed E-state index contributed by atoms with van der Waals surface area (Å²) in [4.78, 5) is 25.5. The standard InChI is InChI=1S/C29H27N7O2/c1-38-26-11-3-2-10-25(26)34-12-14-35(15-13-34)28-24-18-33-36(29(24)32-19-31-28)23-9-5-7-21(17-23)20-6-4-8-22(16-20)27(30)37/h2-11,16-19H,12-15H2,1H3,(H2,30,37). The number of fused-ring (bicyclic) bond motifs is 1. The number of para-hydroxylation sites is 2. The molecule has 1 fully saturated rings. The van der Waals surface area contributed by atoms with Crippen molar-refractivity contribution in [2.75, 3.05) is 43.1 Å². The Bertz CT molecular complexity index is 1620. The van der Waals surface area contributed by atoms with Gasteiger partial charge in [0, 0.05) is 31.7 Å². The number of ether oxygens (including phenoxy) is 1. The van der Waals surface area contributed by atoms with Crippen molar-refractivity contribution in [1.82, 2.24) is 19.7 Å². The van der Waals surface area contributed by atoms with E-state index in [2.05, 4.69) is 30.9 Å². The van der Waals surface area contributed by atoms with Crippen molar-refractivity contribution in [2.24, 2.45) is 5.73 Å². The predicted molar refractivity (Wildman–Crippen MR) is 148 cm³/mol. The zero-order valence-electron chi connectivity index (χ0n) is 21.0. The summed E-state index contributed by atoms with van der Waals surface area (Å²) in [5, 5.41) is 5.58. The van der Waals surface area contributed by atoms with Crippen molar-refractivity contribution in [3.8, 4) is 22.6 Å². The van der Waals surface area contributed by atoms with E-state index in [0.29, 0.717) is 5.56 Å². The molecule has 0 saturated carbocycles. The lowest BCUT2D eigenvalue weighted by molar-refractivity contribution is 0.100. The zero-order valence-corrected chi connectivity index (χ0v) is 21.0. The van der Waals surface area contributed by atoms with Gasteiger partial charge in [-0.3, -0.25) is 4.79 Å². The molecule has 0 spiro atoms. The minimum atomic E-state index is -0.450. The number of nitrogens with zero attached hydrogens (tertiary/aromatic N) is 6. The largest absolute Gasteiger partial charge is 0.495 e. The number of carbonyl (C=O) groups is 1. The van der Waals surface area contributed by atoms with Gasteiger partial charge in [-0.2, -0.15) is 5.10 Å². The van der Waals surface area contributed by atoms with E-state index < -0.39 is 5.91 Å². The van der Waals surface area contributed by atoms with E-state index in [-0.39, 0.29) is 0 Å². The van der Waals surface area contributed by atoms with Crippen LogP contribution in [-0.4, -0.2) is 58.9 Å². The minimum Gasteiger partial charge on any atom is -0.495 e. The fraction of sp³-hybridized carbons (Fsp3) is 0.172. The average Bonchev–Trinajstić information content (AvgIpc) is 3.42. The third-order valence-corrected chi connectivity index (χ3v) is 6.92. The van der Waals surface area contributed by atoms with E-state index in [1.807, 2.05) is 65.5 Å². The molecule has 0 unspecified atom stereocenters. The Hall–Kier alpha value is -4.92. The van der Waals surface area contributed by atoms with Crippen molar-refractivity contribution in [3.63, 3.8) is 0 Å².